The molecule has 0 unspecified atom stereocenters. The quantitative estimate of drug-likeness (QED) is 0.453. The number of nitro groups is 1. The maximum atomic E-state index is 12.9. The highest BCUT2D eigenvalue weighted by atomic mass is 35.5. The lowest BCUT2D eigenvalue weighted by Gasteiger charge is -2.13. The number of nitrogens with zero attached hydrogens (tertiary/aromatic N) is 1. The monoisotopic (exact) mass is 381 g/mol. The van der Waals surface area contributed by atoms with Gasteiger partial charge in [-0.15, -0.1) is 0 Å². The van der Waals surface area contributed by atoms with Crippen molar-refractivity contribution in [1.29, 1.82) is 0 Å². The minimum absolute atomic E-state index is 0.430. The first-order valence-electron chi connectivity index (χ1n) is 6.07. The van der Waals surface area contributed by atoms with E-state index in [4.69, 9.17) is 11.6 Å². The summed E-state index contributed by atoms with van der Waals surface area (Å²) < 4.78 is 67.6. The number of non-ortho nitro benzene ring substituents is 1. The molecule has 0 aliphatic heterocycles. The van der Waals surface area contributed by atoms with Crippen LogP contribution in [-0.4, -0.2) is 13.3 Å². The van der Waals surface area contributed by atoms with Gasteiger partial charge in [0.05, 0.1) is 15.5 Å². The fourth-order valence-corrected chi connectivity index (χ4v) is 3.18. The summed E-state index contributed by atoms with van der Waals surface area (Å²) in [4.78, 5) is 8.72. The van der Waals surface area contributed by atoms with Gasteiger partial charge in [-0.1, -0.05) is 23.7 Å². The van der Waals surface area contributed by atoms with Crippen molar-refractivity contribution < 1.29 is 30.7 Å². The second-order valence-electron chi connectivity index (χ2n) is 4.40. The third-order valence-electron chi connectivity index (χ3n) is 2.79. The van der Waals surface area contributed by atoms with Gasteiger partial charge in [0.2, 0.25) is 0 Å². The molecule has 0 saturated carbocycles. The highest BCUT2D eigenvalue weighted by molar-refractivity contribution is 7.87. The minimum atomic E-state index is -4.91. The number of halogens is 4. The molecule has 11 heteroatoms. The zero-order valence-electron chi connectivity index (χ0n) is 11.5. The van der Waals surface area contributed by atoms with Gasteiger partial charge in [-0.3, -0.25) is 10.1 Å². The Kier molecular flexibility index (Phi) is 4.72. The number of alkyl halides is 3. The van der Waals surface area contributed by atoms with Crippen LogP contribution in [0.5, 0.6) is 5.75 Å². The van der Waals surface area contributed by atoms with Crippen molar-refractivity contribution in [2.45, 2.75) is 11.1 Å². The van der Waals surface area contributed by atoms with Gasteiger partial charge in [0.25, 0.3) is 5.69 Å². The van der Waals surface area contributed by atoms with Crippen molar-refractivity contribution in [2.24, 2.45) is 0 Å². The van der Waals surface area contributed by atoms with Crippen molar-refractivity contribution in [2.75, 3.05) is 0 Å². The first-order chi connectivity index (χ1) is 11.0. The molecule has 0 bridgehead atoms. The standard InChI is InChI=1S/C13H7ClF3NO5S/c14-10-7-8(18(19)20)5-6-11(10)23-24(21,22)12-4-2-1-3-9(12)13(15,16)17/h1-7H. The number of rotatable bonds is 4. The molecule has 0 spiro atoms. The number of hydrogen-bond donors (Lipinski definition) is 0. The van der Waals surface area contributed by atoms with Gasteiger partial charge >= 0.3 is 16.3 Å². The number of hydrogen-bond acceptors (Lipinski definition) is 5. The summed E-state index contributed by atoms with van der Waals surface area (Å²) in [6.45, 7) is 0. The van der Waals surface area contributed by atoms with Gasteiger partial charge in [0.1, 0.15) is 4.90 Å². The van der Waals surface area contributed by atoms with Crippen LogP contribution in [-0.2, 0) is 16.3 Å². The fourth-order valence-electron chi connectivity index (χ4n) is 1.75. The van der Waals surface area contributed by atoms with Crippen molar-refractivity contribution >= 4 is 27.4 Å². The Morgan fingerprint density at radius 1 is 1.12 bits per heavy atom. The summed E-state index contributed by atoms with van der Waals surface area (Å²) in [5.41, 5.74) is -1.83. The summed E-state index contributed by atoms with van der Waals surface area (Å²) in [5, 5.41) is 10.2. The zero-order chi connectivity index (χ0) is 18.1. The number of benzene rings is 2. The predicted molar refractivity (Wildman–Crippen MR) is 77.4 cm³/mol. The molecule has 0 N–H and O–H groups in total. The summed E-state index contributed by atoms with van der Waals surface area (Å²) in [6, 6.07) is 6.07. The van der Waals surface area contributed by atoms with Crippen LogP contribution in [0.4, 0.5) is 18.9 Å². The first kappa shape index (κ1) is 18.0. The fraction of sp³-hybridized carbons (Fsp3) is 0.0769. The van der Waals surface area contributed by atoms with E-state index in [-0.39, 0.29) is 0 Å². The third kappa shape index (κ3) is 3.77. The van der Waals surface area contributed by atoms with E-state index in [0.29, 0.717) is 6.07 Å². The van der Waals surface area contributed by atoms with Crippen molar-refractivity contribution in [1.82, 2.24) is 0 Å². The molecule has 0 aliphatic rings. The molecule has 0 heterocycles. The molecule has 0 aliphatic carbocycles. The summed E-state index contributed by atoms with van der Waals surface area (Å²) in [6.07, 6.45) is -4.91. The van der Waals surface area contributed by atoms with Crippen LogP contribution in [0.15, 0.2) is 47.4 Å². The molecule has 24 heavy (non-hydrogen) atoms. The molecule has 2 rings (SSSR count). The van der Waals surface area contributed by atoms with Crippen LogP contribution in [0.3, 0.4) is 0 Å². The van der Waals surface area contributed by atoms with E-state index in [9.17, 15) is 31.7 Å². The molecule has 0 saturated heterocycles. The van der Waals surface area contributed by atoms with Crippen molar-refractivity contribution in [3.8, 4) is 5.75 Å². The van der Waals surface area contributed by atoms with E-state index in [1.54, 1.807) is 0 Å². The lowest BCUT2D eigenvalue weighted by atomic mass is 10.2. The molecular formula is C13H7ClF3NO5S. The SMILES string of the molecule is O=[N+]([O-])c1ccc(OS(=O)(=O)c2ccccc2C(F)(F)F)c(Cl)c1. The Hall–Kier alpha value is -2.33. The van der Waals surface area contributed by atoms with Crippen LogP contribution in [0.1, 0.15) is 5.56 Å². The molecule has 0 atom stereocenters. The molecule has 0 fully saturated rings. The summed E-state index contributed by atoms with van der Waals surface area (Å²) >= 11 is 5.68. The van der Waals surface area contributed by atoms with Gasteiger partial charge < -0.3 is 4.18 Å². The van der Waals surface area contributed by atoms with Crippen LogP contribution in [0, 0.1) is 10.1 Å². The smallest absolute Gasteiger partial charge is 0.377 e. The first-order valence-corrected chi connectivity index (χ1v) is 7.85. The van der Waals surface area contributed by atoms with Gasteiger partial charge in [-0.2, -0.15) is 21.6 Å². The predicted octanol–water partition coefficient (Wildman–Crippen LogP) is 4.03. The van der Waals surface area contributed by atoms with Crippen molar-refractivity contribution in [3.63, 3.8) is 0 Å². The lowest BCUT2D eigenvalue weighted by molar-refractivity contribution is -0.384. The molecule has 0 amide bonds. The zero-order valence-corrected chi connectivity index (χ0v) is 13.0. The van der Waals surface area contributed by atoms with E-state index in [0.717, 1.165) is 36.4 Å². The van der Waals surface area contributed by atoms with E-state index in [1.165, 1.54) is 0 Å². The Balaban J connectivity index is 2.46. The Morgan fingerprint density at radius 3 is 2.29 bits per heavy atom. The average Bonchev–Trinajstić information content (AvgIpc) is 2.48. The van der Waals surface area contributed by atoms with E-state index in [2.05, 4.69) is 4.18 Å². The second-order valence-corrected chi connectivity index (χ2v) is 6.33. The van der Waals surface area contributed by atoms with Crippen LogP contribution >= 0.6 is 11.6 Å². The molecular weight excluding hydrogens is 375 g/mol. The lowest BCUT2D eigenvalue weighted by Crippen LogP contribution is -2.17. The Labute approximate surface area is 138 Å². The normalized spacial score (nSPS) is 12.0. The highest BCUT2D eigenvalue weighted by Gasteiger charge is 2.37. The summed E-state index contributed by atoms with van der Waals surface area (Å²) in [7, 11) is -4.86. The Morgan fingerprint density at radius 2 is 1.75 bits per heavy atom. The van der Waals surface area contributed by atoms with E-state index < -0.39 is 48.1 Å². The average molecular weight is 382 g/mol. The third-order valence-corrected chi connectivity index (χ3v) is 4.38. The summed E-state index contributed by atoms with van der Waals surface area (Å²) in [5.74, 6) is -0.528. The molecule has 2 aromatic carbocycles. The minimum Gasteiger partial charge on any atom is -0.377 e. The highest BCUT2D eigenvalue weighted by Crippen LogP contribution is 2.36. The van der Waals surface area contributed by atoms with Gasteiger partial charge in [0.15, 0.2) is 5.75 Å². The number of nitro benzene ring substituents is 1. The molecule has 0 aromatic heterocycles. The van der Waals surface area contributed by atoms with Crippen LogP contribution in [0.25, 0.3) is 0 Å². The van der Waals surface area contributed by atoms with Crippen LogP contribution < -0.4 is 4.18 Å². The van der Waals surface area contributed by atoms with Gasteiger partial charge in [-0.05, 0) is 18.2 Å². The van der Waals surface area contributed by atoms with E-state index in [1.807, 2.05) is 0 Å². The van der Waals surface area contributed by atoms with Crippen LogP contribution in [0.2, 0.25) is 5.02 Å². The topological polar surface area (TPSA) is 86.5 Å². The molecule has 2 aromatic rings. The van der Waals surface area contributed by atoms with Gasteiger partial charge in [-0.25, -0.2) is 0 Å². The van der Waals surface area contributed by atoms with Crippen molar-refractivity contribution in [3.05, 3.63) is 63.2 Å². The Bertz CT molecular complexity index is 899. The maximum absolute atomic E-state index is 12.9. The molecule has 128 valence electrons. The van der Waals surface area contributed by atoms with Gasteiger partial charge in [0, 0.05) is 12.1 Å². The second kappa shape index (κ2) is 6.29. The largest absolute Gasteiger partial charge is 0.417 e. The maximum Gasteiger partial charge on any atom is 0.417 e. The van der Waals surface area contributed by atoms with E-state index >= 15 is 0 Å². The molecule has 0 radical (unpaired) electrons. The molecule has 6 nitrogen and oxygen atoms in total.